The lowest BCUT2D eigenvalue weighted by molar-refractivity contribution is 0.386. The van der Waals surface area contributed by atoms with Crippen molar-refractivity contribution in [3.05, 3.63) is 53.8 Å². The molecule has 1 aromatic heterocycles. The molecule has 112 valence electrons. The molecule has 0 saturated carbocycles. The zero-order valence-corrected chi connectivity index (χ0v) is 12.2. The number of rotatable bonds is 3. The largest absolute Gasteiger partial charge is 0.494 e. The molecule has 0 bridgehead atoms. The first-order chi connectivity index (χ1) is 10.6. The number of methoxy groups -OCH3 is 1. The molecular weight excluding hydrogens is 283 g/mol. The van der Waals surface area contributed by atoms with E-state index in [1.165, 1.54) is 23.9 Å². The van der Waals surface area contributed by atoms with Gasteiger partial charge in [0, 0.05) is 5.56 Å². The molecule has 0 atom stereocenters. The lowest BCUT2D eigenvalue weighted by atomic mass is 10.1. The van der Waals surface area contributed by atoms with E-state index in [9.17, 15) is 4.39 Å². The second-order valence-electron chi connectivity index (χ2n) is 4.92. The molecule has 0 aliphatic rings. The van der Waals surface area contributed by atoms with Crippen molar-refractivity contribution in [1.82, 2.24) is 15.0 Å². The molecule has 0 radical (unpaired) electrons. The maximum Gasteiger partial charge on any atom is 0.165 e. The van der Waals surface area contributed by atoms with Gasteiger partial charge in [-0.15, -0.1) is 5.10 Å². The molecule has 0 unspecified atom stereocenters. The predicted molar refractivity (Wildman–Crippen MR) is 82.5 cm³/mol. The van der Waals surface area contributed by atoms with Crippen molar-refractivity contribution in [1.29, 1.82) is 0 Å². The van der Waals surface area contributed by atoms with E-state index in [4.69, 9.17) is 10.5 Å². The first kappa shape index (κ1) is 14.1. The summed E-state index contributed by atoms with van der Waals surface area (Å²) >= 11 is 0. The highest BCUT2D eigenvalue weighted by molar-refractivity contribution is 5.71. The number of benzene rings is 2. The van der Waals surface area contributed by atoms with Gasteiger partial charge >= 0.3 is 0 Å². The predicted octanol–water partition coefficient (Wildman–Crippen LogP) is 2.97. The molecule has 3 rings (SSSR count). The van der Waals surface area contributed by atoms with Gasteiger partial charge in [0.05, 0.1) is 12.8 Å². The van der Waals surface area contributed by atoms with Gasteiger partial charge in [-0.3, -0.25) is 0 Å². The summed E-state index contributed by atoms with van der Waals surface area (Å²) in [5.41, 5.74) is 9.00. The number of ether oxygens (including phenoxy) is 1. The van der Waals surface area contributed by atoms with Crippen LogP contribution < -0.4 is 10.5 Å². The third-order valence-corrected chi connectivity index (χ3v) is 3.38. The summed E-state index contributed by atoms with van der Waals surface area (Å²) in [7, 11) is 1.42. The Morgan fingerprint density at radius 3 is 2.68 bits per heavy atom. The molecule has 3 aromatic rings. The summed E-state index contributed by atoms with van der Waals surface area (Å²) in [6.45, 7) is 1.98. The molecule has 2 N–H and O–H groups in total. The van der Waals surface area contributed by atoms with Crippen LogP contribution >= 0.6 is 0 Å². The summed E-state index contributed by atoms with van der Waals surface area (Å²) in [5.74, 6) is 0.0630. The summed E-state index contributed by atoms with van der Waals surface area (Å²) < 4.78 is 20.3. The standard InChI is InChI=1S/C16H15FN4O/c1-10-4-3-5-12(8-10)21-16(18)15(19-20-21)11-6-7-14(22-2)13(17)9-11/h3-9H,18H2,1-2H3. The van der Waals surface area contributed by atoms with Gasteiger partial charge in [-0.25, -0.2) is 4.39 Å². The summed E-state index contributed by atoms with van der Waals surface area (Å²) in [6.07, 6.45) is 0. The van der Waals surface area contributed by atoms with Crippen molar-refractivity contribution >= 4 is 5.82 Å². The lowest BCUT2D eigenvalue weighted by Crippen LogP contribution is -2.02. The fourth-order valence-electron chi connectivity index (χ4n) is 2.26. The van der Waals surface area contributed by atoms with Gasteiger partial charge in [-0.1, -0.05) is 17.3 Å². The van der Waals surface area contributed by atoms with Crippen LogP contribution in [0.5, 0.6) is 5.75 Å². The number of hydrogen-bond donors (Lipinski definition) is 1. The molecule has 1 heterocycles. The Hall–Kier alpha value is -2.89. The smallest absolute Gasteiger partial charge is 0.165 e. The summed E-state index contributed by atoms with van der Waals surface area (Å²) in [6, 6.07) is 12.3. The molecule has 0 aliphatic heterocycles. The number of nitrogens with two attached hydrogens (primary N) is 1. The van der Waals surface area contributed by atoms with E-state index in [0.29, 0.717) is 17.1 Å². The summed E-state index contributed by atoms with van der Waals surface area (Å²) in [4.78, 5) is 0. The Morgan fingerprint density at radius 2 is 2.00 bits per heavy atom. The van der Waals surface area contributed by atoms with Crippen LogP contribution in [0.4, 0.5) is 10.2 Å². The van der Waals surface area contributed by atoms with E-state index in [1.54, 1.807) is 6.07 Å². The second kappa shape index (κ2) is 5.48. The molecule has 0 aliphatic carbocycles. The fourth-order valence-corrected chi connectivity index (χ4v) is 2.26. The van der Waals surface area contributed by atoms with E-state index < -0.39 is 5.82 Å². The van der Waals surface area contributed by atoms with Gasteiger partial charge in [0.25, 0.3) is 0 Å². The van der Waals surface area contributed by atoms with E-state index in [1.807, 2.05) is 31.2 Å². The third kappa shape index (κ3) is 2.39. The number of hydrogen-bond acceptors (Lipinski definition) is 4. The highest BCUT2D eigenvalue weighted by Crippen LogP contribution is 2.28. The van der Waals surface area contributed by atoms with Gasteiger partial charge in [-0.05, 0) is 42.8 Å². The van der Waals surface area contributed by atoms with E-state index in [2.05, 4.69) is 10.3 Å². The van der Waals surface area contributed by atoms with Crippen molar-refractivity contribution in [3.63, 3.8) is 0 Å². The Kier molecular flexibility index (Phi) is 3.50. The third-order valence-electron chi connectivity index (χ3n) is 3.38. The first-order valence-electron chi connectivity index (χ1n) is 6.72. The number of nitrogens with zero attached hydrogens (tertiary/aromatic N) is 3. The Balaban J connectivity index is 2.05. The normalized spacial score (nSPS) is 10.7. The highest BCUT2D eigenvalue weighted by Gasteiger charge is 2.15. The number of halogens is 1. The zero-order valence-electron chi connectivity index (χ0n) is 12.2. The minimum absolute atomic E-state index is 0.174. The molecule has 6 heteroatoms. The van der Waals surface area contributed by atoms with Crippen LogP contribution in [0, 0.1) is 12.7 Å². The number of anilines is 1. The fraction of sp³-hybridized carbons (Fsp3) is 0.125. The van der Waals surface area contributed by atoms with Gasteiger partial charge in [0.2, 0.25) is 0 Å². The monoisotopic (exact) mass is 298 g/mol. The molecule has 0 spiro atoms. The second-order valence-corrected chi connectivity index (χ2v) is 4.92. The molecule has 0 fully saturated rings. The van der Waals surface area contributed by atoms with Crippen molar-refractivity contribution in [3.8, 4) is 22.7 Å². The van der Waals surface area contributed by atoms with E-state index in [-0.39, 0.29) is 5.75 Å². The van der Waals surface area contributed by atoms with E-state index >= 15 is 0 Å². The lowest BCUT2D eigenvalue weighted by Gasteiger charge is -2.06. The Labute approximate surface area is 127 Å². The molecule has 5 nitrogen and oxygen atoms in total. The minimum Gasteiger partial charge on any atom is -0.494 e. The zero-order chi connectivity index (χ0) is 15.7. The quantitative estimate of drug-likeness (QED) is 0.807. The molecule has 0 saturated heterocycles. The SMILES string of the molecule is COc1ccc(-c2nnn(-c3cccc(C)c3)c2N)cc1F. The first-order valence-corrected chi connectivity index (χ1v) is 6.72. The average molecular weight is 298 g/mol. The van der Waals surface area contributed by atoms with Gasteiger partial charge in [-0.2, -0.15) is 4.68 Å². The van der Waals surface area contributed by atoms with Crippen LogP contribution in [0.25, 0.3) is 16.9 Å². The van der Waals surface area contributed by atoms with Crippen molar-refractivity contribution in [2.75, 3.05) is 12.8 Å². The summed E-state index contributed by atoms with van der Waals surface area (Å²) in [5, 5.41) is 8.13. The highest BCUT2D eigenvalue weighted by atomic mass is 19.1. The van der Waals surface area contributed by atoms with Crippen LogP contribution in [-0.2, 0) is 0 Å². The van der Waals surface area contributed by atoms with Crippen molar-refractivity contribution in [2.24, 2.45) is 0 Å². The van der Waals surface area contributed by atoms with Gasteiger partial charge in [0.15, 0.2) is 17.4 Å². The number of aryl methyl sites for hydroxylation is 1. The maximum absolute atomic E-state index is 13.8. The molecule has 2 aromatic carbocycles. The van der Waals surface area contributed by atoms with Crippen molar-refractivity contribution in [2.45, 2.75) is 6.92 Å². The molecular formula is C16H15FN4O. The Morgan fingerprint density at radius 1 is 1.18 bits per heavy atom. The van der Waals surface area contributed by atoms with Crippen LogP contribution in [0.3, 0.4) is 0 Å². The van der Waals surface area contributed by atoms with E-state index in [0.717, 1.165) is 11.3 Å². The number of nitrogen functional groups attached to an aromatic ring is 1. The van der Waals surface area contributed by atoms with Gasteiger partial charge in [0.1, 0.15) is 5.69 Å². The van der Waals surface area contributed by atoms with Crippen LogP contribution in [0.2, 0.25) is 0 Å². The van der Waals surface area contributed by atoms with Crippen LogP contribution in [0.15, 0.2) is 42.5 Å². The topological polar surface area (TPSA) is 66.0 Å². The maximum atomic E-state index is 13.8. The minimum atomic E-state index is -0.468. The average Bonchev–Trinajstić information content (AvgIpc) is 2.89. The molecule has 22 heavy (non-hydrogen) atoms. The van der Waals surface area contributed by atoms with Crippen molar-refractivity contribution < 1.29 is 9.13 Å². The molecule has 0 amide bonds. The Bertz CT molecular complexity index is 829. The number of aromatic nitrogens is 3. The van der Waals surface area contributed by atoms with Gasteiger partial charge < -0.3 is 10.5 Å². The van der Waals surface area contributed by atoms with Crippen LogP contribution in [0.1, 0.15) is 5.56 Å². The van der Waals surface area contributed by atoms with Crippen LogP contribution in [-0.4, -0.2) is 22.1 Å².